The average molecular weight is 793 g/mol. The molecule has 0 nitrogen and oxygen atoms in total. The number of hydrogen-bond donors (Lipinski definition) is 0. The van der Waals surface area contributed by atoms with Gasteiger partial charge in [-0.1, -0.05) is 96.5 Å². The maximum atomic E-state index is 2.61. The Labute approximate surface area is 303 Å². The first-order chi connectivity index (χ1) is 21.3. The molecule has 7 aromatic rings. The third-order valence-corrected chi connectivity index (χ3v) is 14.4. The summed E-state index contributed by atoms with van der Waals surface area (Å²) in [7, 11) is -2.15. The Morgan fingerprint density at radius 1 is 0.511 bits per heavy atom. The number of rotatable bonds is 7. The zero-order valence-corrected chi connectivity index (χ0v) is 33.6. The van der Waals surface area contributed by atoms with Crippen LogP contribution in [-0.4, -0.2) is 8.07 Å². The summed E-state index contributed by atoms with van der Waals surface area (Å²) in [5.41, 5.74) is 12.2. The minimum atomic E-state index is -2.15. The van der Waals surface area contributed by atoms with Gasteiger partial charge in [-0.25, -0.2) is 0 Å². The maximum Gasteiger partial charge on any atom is 4.00 e. The average Bonchev–Trinajstić information content (AvgIpc) is 3.67. The Morgan fingerprint density at radius 3 is 1.34 bits per heavy atom. The van der Waals surface area contributed by atoms with Crippen LogP contribution in [0.3, 0.4) is 0 Å². The Hall–Kier alpha value is -3.59. The molecule has 0 unspecified atom stereocenters. The quantitative estimate of drug-likeness (QED) is 0.111. The zero-order chi connectivity index (χ0) is 30.4. The summed E-state index contributed by atoms with van der Waals surface area (Å²) in [5.74, 6) is 0. The van der Waals surface area contributed by atoms with E-state index in [1.165, 1.54) is 88.0 Å². The van der Waals surface area contributed by atoms with Crippen molar-refractivity contribution in [2.24, 2.45) is 0 Å². The summed E-state index contributed by atoms with van der Waals surface area (Å²) in [4.78, 5) is 0. The molecule has 0 saturated heterocycles. The Balaban J connectivity index is 0.00000167. The van der Waals surface area contributed by atoms with Crippen LogP contribution in [0.15, 0.2) is 127 Å². The third kappa shape index (κ3) is 6.60. The number of aryl methyl sites for hydroxylation is 5. The SMILES string of the molecule is Cc1cccc(C)c1-c1cccc2[cH-]c([Si](C)(CCc3ccccc3)c3cc4c(-c5c(C)cccc5C)cccc4[cH-]3)cc12.[CH3-].[CH3-].[Hf+4]. The van der Waals surface area contributed by atoms with Gasteiger partial charge in [-0.15, -0.1) is 68.3 Å². The maximum absolute atomic E-state index is 2.61. The van der Waals surface area contributed by atoms with Crippen molar-refractivity contribution in [1.82, 2.24) is 0 Å². The van der Waals surface area contributed by atoms with Crippen molar-refractivity contribution in [3.8, 4) is 22.3 Å². The first-order valence-corrected chi connectivity index (χ1v) is 18.6. The van der Waals surface area contributed by atoms with Gasteiger partial charge in [-0.2, -0.15) is 12.1 Å². The predicted octanol–water partition coefficient (Wildman–Crippen LogP) is 11.3. The van der Waals surface area contributed by atoms with Gasteiger partial charge >= 0.3 is 25.8 Å². The van der Waals surface area contributed by atoms with Crippen LogP contribution in [0.1, 0.15) is 27.8 Å². The molecule has 0 aliphatic rings. The summed E-state index contributed by atoms with van der Waals surface area (Å²) in [5, 5.41) is 8.53. The van der Waals surface area contributed by atoms with Crippen LogP contribution < -0.4 is 10.4 Å². The molecule has 0 radical (unpaired) electrons. The molecule has 0 atom stereocenters. The predicted molar refractivity (Wildman–Crippen MR) is 208 cm³/mol. The molecule has 0 saturated carbocycles. The van der Waals surface area contributed by atoms with E-state index >= 15 is 0 Å². The summed E-state index contributed by atoms with van der Waals surface area (Å²) in [6, 6.07) is 49.4. The molecule has 0 amide bonds. The fourth-order valence-electron chi connectivity index (χ4n) is 7.52. The normalized spacial score (nSPS) is 11.2. The third-order valence-electron chi connectivity index (χ3n) is 10.0. The van der Waals surface area contributed by atoms with E-state index in [1.54, 1.807) is 0 Å². The van der Waals surface area contributed by atoms with Gasteiger partial charge in [0.1, 0.15) is 0 Å². The van der Waals surface area contributed by atoms with E-state index in [4.69, 9.17) is 0 Å². The first kappa shape index (κ1) is 36.2. The first-order valence-electron chi connectivity index (χ1n) is 15.9. The molecule has 7 rings (SSSR count). The molecule has 0 heterocycles. The van der Waals surface area contributed by atoms with Crippen LogP contribution in [0.2, 0.25) is 12.6 Å². The Morgan fingerprint density at radius 2 is 0.915 bits per heavy atom. The monoisotopic (exact) mass is 794 g/mol. The van der Waals surface area contributed by atoms with E-state index < -0.39 is 8.07 Å². The van der Waals surface area contributed by atoms with E-state index in [2.05, 4.69) is 162 Å². The van der Waals surface area contributed by atoms with E-state index in [1.807, 2.05) is 0 Å². The molecule has 234 valence electrons. The summed E-state index contributed by atoms with van der Waals surface area (Å²) >= 11 is 0. The molecule has 47 heavy (non-hydrogen) atoms. The number of benzene rings is 5. The molecular weight excluding hydrogens is 747 g/mol. The molecule has 0 fully saturated rings. The summed E-state index contributed by atoms with van der Waals surface area (Å²) in [6.07, 6.45) is 1.08. The van der Waals surface area contributed by atoms with Gasteiger partial charge in [0.25, 0.3) is 0 Å². The standard InChI is InChI=1S/C43H40Si.2CH3.Hf/c1-29-13-9-14-30(2)42(29)38-21-11-19-34-25-36(27-40(34)38)44(5,24-23-33-17-7-6-8-18-33)37-26-35-20-12-22-39(41(35)28-37)43-31(3)15-10-16-32(43)4;;;/h6-22,25-28H,23-24H2,1-5H3;2*1H3;/q-2;2*-1;+4. The fraction of sp³-hybridized carbons (Fsp3) is 0.156. The van der Waals surface area contributed by atoms with E-state index in [0.29, 0.717) is 0 Å². The Kier molecular flexibility index (Phi) is 11.3. The topological polar surface area (TPSA) is 0 Å². The molecule has 0 N–H and O–H groups in total. The van der Waals surface area contributed by atoms with Crippen molar-refractivity contribution in [3.05, 3.63) is 170 Å². The molecule has 0 spiro atoms. The summed E-state index contributed by atoms with van der Waals surface area (Å²) < 4.78 is 0. The van der Waals surface area contributed by atoms with Crippen LogP contribution in [-0.2, 0) is 32.3 Å². The van der Waals surface area contributed by atoms with Crippen molar-refractivity contribution in [2.45, 2.75) is 46.7 Å². The van der Waals surface area contributed by atoms with Crippen LogP contribution in [0.25, 0.3) is 43.8 Å². The van der Waals surface area contributed by atoms with Gasteiger partial charge in [0, 0.05) is 0 Å². The molecule has 2 heteroatoms. The van der Waals surface area contributed by atoms with Crippen LogP contribution in [0.4, 0.5) is 0 Å². The number of hydrogen-bond acceptors (Lipinski definition) is 0. The van der Waals surface area contributed by atoms with Crippen LogP contribution in [0.5, 0.6) is 0 Å². The van der Waals surface area contributed by atoms with Gasteiger partial charge in [-0.05, 0) is 79.1 Å². The molecule has 7 aromatic carbocycles. The van der Waals surface area contributed by atoms with Gasteiger partial charge < -0.3 is 14.9 Å². The molecule has 0 aliphatic carbocycles. The van der Waals surface area contributed by atoms with Crippen molar-refractivity contribution >= 4 is 40.0 Å². The minimum Gasteiger partial charge on any atom is -0.358 e. The smallest absolute Gasteiger partial charge is 0.358 e. The summed E-state index contributed by atoms with van der Waals surface area (Å²) in [6.45, 7) is 11.6. The zero-order valence-electron chi connectivity index (χ0n) is 29.0. The van der Waals surface area contributed by atoms with Gasteiger partial charge in [0.15, 0.2) is 0 Å². The van der Waals surface area contributed by atoms with Crippen molar-refractivity contribution in [1.29, 1.82) is 0 Å². The second kappa shape index (κ2) is 14.7. The Bertz CT molecular complexity index is 1960. The largest absolute Gasteiger partial charge is 4.00 e. The molecule has 0 bridgehead atoms. The van der Waals surface area contributed by atoms with Crippen molar-refractivity contribution in [3.63, 3.8) is 0 Å². The molecular formula is C45H46HfSi. The van der Waals surface area contributed by atoms with Crippen LogP contribution in [0, 0.1) is 42.5 Å². The van der Waals surface area contributed by atoms with Crippen LogP contribution >= 0.6 is 0 Å². The number of fused-ring (bicyclic) bond motifs is 2. The van der Waals surface area contributed by atoms with E-state index in [9.17, 15) is 0 Å². The van der Waals surface area contributed by atoms with Gasteiger partial charge in [0.2, 0.25) is 0 Å². The fourth-order valence-corrected chi connectivity index (χ4v) is 11.1. The molecule has 0 aliphatic heterocycles. The van der Waals surface area contributed by atoms with E-state index in [-0.39, 0.29) is 40.7 Å². The van der Waals surface area contributed by atoms with Gasteiger partial charge in [-0.3, -0.25) is 0 Å². The second-order valence-corrected chi connectivity index (χ2v) is 17.3. The van der Waals surface area contributed by atoms with Crippen molar-refractivity contribution < 1.29 is 25.8 Å². The van der Waals surface area contributed by atoms with Crippen molar-refractivity contribution in [2.75, 3.05) is 0 Å². The minimum absolute atomic E-state index is 0. The second-order valence-electron chi connectivity index (χ2n) is 13.0. The van der Waals surface area contributed by atoms with E-state index in [0.717, 1.165) is 6.42 Å². The van der Waals surface area contributed by atoms with Gasteiger partial charge in [0.05, 0.1) is 8.07 Å². The molecule has 0 aromatic heterocycles.